The van der Waals surface area contributed by atoms with E-state index in [1.807, 2.05) is 5.32 Å². The number of carboxylic acids is 1. The predicted octanol–water partition coefficient (Wildman–Crippen LogP) is -1.55. The maximum Gasteiger partial charge on any atom is 0.328 e. The summed E-state index contributed by atoms with van der Waals surface area (Å²) in [6, 6.07) is -10.7. The largest absolute Gasteiger partial charge is 0.480 e. The molecule has 27 heteroatoms. The highest BCUT2D eigenvalue weighted by Crippen LogP contribution is 2.21. The second kappa shape index (κ2) is 30.6. The van der Waals surface area contributed by atoms with E-state index in [2.05, 4.69) is 37.2 Å². The lowest BCUT2D eigenvalue weighted by atomic mass is 9.95. The first-order valence-corrected chi connectivity index (χ1v) is 26.1. The summed E-state index contributed by atoms with van der Waals surface area (Å²) in [5.41, 5.74) is 2.01. The number of carboxylic acid groups (broad SMARTS) is 1. The first-order valence-electron chi connectivity index (χ1n) is 26.1. The summed E-state index contributed by atoms with van der Waals surface area (Å²) in [5, 5.41) is 38.0. The lowest BCUT2D eigenvalue weighted by Gasteiger charge is -2.32. The Hall–Kier alpha value is -6.48. The van der Waals surface area contributed by atoms with Crippen LogP contribution in [-0.4, -0.2) is 183 Å². The Morgan fingerprint density at radius 1 is 0.641 bits per heavy atom. The molecule has 0 aromatic heterocycles. The van der Waals surface area contributed by atoms with Gasteiger partial charge in [0.05, 0.1) is 31.4 Å². The van der Waals surface area contributed by atoms with Crippen LogP contribution in [0.25, 0.3) is 0 Å². The smallest absolute Gasteiger partial charge is 0.328 e. The molecule has 1 heterocycles. The van der Waals surface area contributed by atoms with Crippen molar-refractivity contribution in [3.63, 3.8) is 0 Å². The average molecular weight is 1110 g/mol. The third-order valence-electron chi connectivity index (χ3n) is 11.8. The van der Waals surface area contributed by atoms with E-state index >= 15 is 0 Å². The van der Waals surface area contributed by atoms with Gasteiger partial charge in [0, 0.05) is 19.4 Å². The molecule has 0 radical (unpaired) electrons. The van der Waals surface area contributed by atoms with Crippen molar-refractivity contribution in [2.24, 2.45) is 11.7 Å². The Morgan fingerprint density at radius 3 is 1.67 bits per heavy atom. The number of rotatable bonds is 29. The number of ether oxygens (including phenoxy) is 3. The van der Waals surface area contributed by atoms with Crippen molar-refractivity contribution in [2.45, 2.75) is 219 Å². The highest BCUT2D eigenvalue weighted by molar-refractivity contribution is 5.99. The van der Waals surface area contributed by atoms with Gasteiger partial charge in [-0.3, -0.25) is 52.7 Å². The third kappa shape index (κ3) is 24.9. The zero-order valence-corrected chi connectivity index (χ0v) is 48.0. The van der Waals surface area contributed by atoms with Crippen molar-refractivity contribution >= 4 is 71.1 Å². The number of carbonyl (C=O) groups excluding carboxylic acids is 11. The molecule has 9 amide bonds. The summed E-state index contributed by atoms with van der Waals surface area (Å²) in [7, 11) is 0. The average Bonchev–Trinajstić information content (AvgIpc) is 3.81. The van der Waals surface area contributed by atoms with Gasteiger partial charge in [-0.05, 0) is 121 Å². The van der Waals surface area contributed by atoms with Gasteiger partial charge < -0.3 is 77.6 Å². The predicted molar refractivity (Wildman–Crippen MR) is 281 cm³/mol. The number of hydrogen-bond donors (Lipinski definition) is 11. The summed E-state index contributed by atoms with van der Waals surface area (Å²) in [6.07, 6.45) is -0.400. The van der Waals surface area contributed by atoms with Crippen molar-refractivity contribution in [1.82, 2.24) is 47.4 Å². The Morgan fingerprint density at radius 2 is 1.17 bits per heavy atom. The molecule has 27 nitrogen and oxygen atoms in total. The van der Waals surface area contributed by atoms with Crippen LogP contribution in [0, 0.1) is 5.92 Å². The molecule has 1 rings (SSSR count). The first kappa shape index (κ1) is 69.5. The van der Waals surface area contributed by atoms with Crippen molar-refractivity contribution in [2.75, 3.05) is 26.3 Å². The van der Waals surface area contributed by atoms with Crippen LogP contribution < -0.4 is 48.3 Å². The SMILES string of the molecule is CC[C@](C)(NC(=O)[C@@H](NC(=O)[C@H](C)NC(=O)[C@@H]1CCCN1C(=O)[C@H](COC(C)(C)C)NC(=O)[C@H](C)NC(=O)[C@H](CCC(=O)OC(C)(C)C)NC(=O)[C@@H](N)CCC(=O)OC(C)(C)C)C(C)C)C(=O)NCC(=O)N[C@@H](CO)C(=O)O. The van der Waals surface area contributed by atoms with Crippen LogP contribution in [0.4, 0.5) is 0 Å². The highest BCUT2D eigenvalue weighted by Gasteiger charge is 2.41. The molecule has 1 aliphatic heterocycles. The van der Waals surface area contributed by atoms with Crippen LogP contribution in [0.2, 0.25) is 0 Å². The minimum absolute atomic E-state index is 0.0166. The van der Waals surface area contributed by atoms with E-state index in [0.717, 1.165) is 0 Å². The lowest BCUT2D eigenvalue weighted by Crippen LogP contribution is -2.63. The molecule has 0 spiro atoms. The molecule has 0 aliphatic carbocycles. The van der Waals surface area contributed by atoms with E-state index < -0.39 is 161 Å². The molecular weight excluding hydrogens is 1020 g/mol. The molecule has 1 saturated heterocycles. The molecule has 0 bridgehead atoms. The normalized spacial score (nSPS) is 17.2. The van der Waals surface area contributed by atoms with Crippen LogP contribution >= 0.6 is 0 Å². The van der Waals surface area contributed by atoms with E-state index in [0.29, 0.717) is 6.42 Å². The highest BCUT2D eigenvalue weighted by atomic mass is 16.6. The molecule has 0 aromatic carbocycles. The Balaban J connectivity index is 3.22. The summed E-state index contributed by atoms with van der Waals surface area (Å²) in [6.45, 7) is 22.1. The first-order chi connectivity index (χ1) is 35.7. The fourth-order valence-corrected chi connectivity index (χ4v) is 7.32. The fraction of sp³-hybridized carbons (Fsp3) is 0.765. The molecule has 444 valence electrons. The minimum Gasteiger partial charge on any atom is -0.480 e. The monoisotopic (exact) mass is 1110 g/mol. The van der Waals surface area contributed by atoms with E-state index in [9.17, 15) is 62.6 Å². The molecule has 0 saturated carbocycles. The van der Waals surface area contributed by atoms with Crippen LogP contribution in [0.3, 0.4) is 0 Å². The number of nitrogens with one attached hydrogen (secondary N) is 8. The quantitative estimate of drug-likeness (QED) is 0.0378. The Kier molecular flexibility index (Phi) is 27.3. The van der Waals surface area contributed by atoms with Gasteiger partial charge in [-0.25, -0.2) is 4.79 Å². The molecule has 12 N–H and O–H groups in total. The number of amides is 9. The zero-order chi connectivity index (χ0) is 60.3. The van der Waals surface area contributed by atoms with Gasteiger partial charge in [-0.15, -0.1) is 0 Å². The number of likely N-dealkylation sites (tertiary alicyclic amines) is 1. The molecule has 1 fully saturated rings. The molecule has 1 aliphatic rings. The number of carbonyl (C=O) groups is 12. The number of esters is 2. The summed E-state index contributed by atoms with van der Waals surface area (Å²) in [4.78, 5) is 159. The lowest BCUT2D eigenvalue weighted by molar-refractivity contribution is -0.156. The number of hydrogen-bond acceptors (Lipinski definition) is 17. The van der Waals surface area contributed by atoms with Crippen LogP contribution in [0.5, 0.6) is 0 Å². The van der Waals surface area contributed by atoms with Crippen LogP contribution in [0.1, 0.15) is 149 Å². The standard InChI is InChI=1S/C51H88N10O17/c1-16-51(15,47(75)53-24-35(63)56-32(25-62)46(73)74)60-44(71)38(27(2)3)59-40(67)29(5)55-43(70)34-18-17-23-61(34)45(72)33(26-76-48(6,7)8)58-39(66)28(4)54-42(69)31(20-22-37(65)78-50(12,13)14)57-41(68)30(52)19-21-36(64)77-49(9,10)11/h27-34,38,62H,16-26,52H2,1-15H3,(H,53,75)(H,54,69)(H,55,70)(H,56,63)(H,57,68)(H,58,66)(H,59,67)(H,60,71)(H,73,74)/t28-,29-,30-,31-,32-,33-,34-,38-,51-/m0/s1. The van der Waals surface area contributed by atoms with Crippen molar-refractivity contribution in [3.8, 4) is 0 Å². The van der Waals surface area contributed by atoms with Crippen molar-refractivity contribution < 1.29 is 82.0 Å². The topological polar surface area (TPSA) is 398 Å². The van der Waals surface area contributed by atoms with Crippen LogP contribution in [-0.2, 0) is 71.7 Å². The van der Waals surface area contributed by atoms with E-state index in [1.165, 1.54) is 25.7 Å². The van der Waals surface area contributed by atoms with Crippen LogP contribution in [0.15, 0.2) is 0 Å². The van der Waals surface area contributed by atoms with E-state index in [-0.39, 0.29) is 51.7 Å². The number of aliphatic hydroxyl groups excluding tert-OH is 1. The van der Waals surface area contributed by atoms with Gasteiger partial charge in [-0.2, -0.15) is 0 Å². The number of nitrogens with zero attached hydrogens (tertiary/aromatic N) is 1. The van der Waals surface area contributed by atoms with Gasteiger partial charge in [0.25, 0.3) is 0 Å². The number of aliphatic carboxylic acids is 1. The van der Waals surface area contributed by atoms with Gasteiger partial charge in [0.2, 0.25) is 53.2 Å². The second-order valence-corrected chi connectivity index (χ2v) is 22.8. The maximum atomic E-state index is 14.3. The third-order valence-corrected chi connectivity index (χ3v) is 11.8. The van der Waals surface area contributed by atoms with Gasteiger partial charge >= 0.3 is 17.9 Å². The Labute approximate surface area is 456 Å². The molecule has 9 atom stereocenters. The number of aliphatic hydroxyl groups is 1. The second-order valence-electron chi connectivity index (χ2n) is 22.8. The minimum atomic E-state index is -1.62. The molecule has 0 unspecified atom stereocenters. The molecule has 0 aromatic rings. The van der Waals surface area contributed by atoms with Crippen molar-refractivity contribution in [1.29, 1.82) is 0 Å². The Bertz CT molecular complexity index is 2150. The zero-order valence-electron chi connectivity index (χ0n) is 48.0. The summed E-state index contributed by atoms with van der Waals surface area (Å²) < 4.78 is 16.6. The van der Waals surface area contributed by atoms with Crippen molar-refractivity contribution in [3.05, 3.63) is 0 Å². The maximum absolute atomic E-state index is 14.3. The molecular formula is C51H88N10O17. The van der Waals surface area contributed by atoms with Gasteiger partial charge in [-0.1, -0.05) is 20.8 Å². The summed E-state index contributed by atoms with van der Waals surface area (Å²) in [5.74, 6) is -10.6. The summed E-state index contributed by atoms with van der Waals surface area (Å²) >= 11 is 0. The van der Waals surface area contributed by atoms with Gasteiger partial charge in [0.15, 0.2) is 0 Å². The number of nitrogens with two attached hydrogens (primary N) is 1. The van der Waals surface area contributed by atoms with E-state index in [4.69, 9.17) is 25.1 Å². The molecule has 78 heavy (non-hydrogen) atoms. The van der Waals surface area contributed by atoms with Gasteiger partial charge in [0.1, 0.15) is 59.0 Å². The fourth-order valence-electron chi connectivity index (χ4n) is 7.32. The van der Waals surface area contributed by atoms with E-state index in [1.54, 1.807) is 83.1 Å².